The third kappa shape index (κ3) is 5.22. The lowest BCUT2D eigenvalue weighted by atomic mass is 10.3. The summed E-state index contributed by atoms with van der Waals surface area (Å²) in [6, 6.07) is 0. The summed E-state index contributed by atoms with van der Waals surface area (Å²) >= 11 is 0. The van der Waals surface area contributed by atoms with Crippen molar-refractivity contribution in [2.45, 2.75) is 13.3 Å². The zero-order valence-electron chi connectivity index (χ0n) is 5.90. The molecule has 2 heteroatoms. The maximum absolute atomic E-state index is 12.3. The van der Waals surface area contributed by atoms with Gasteiger partial charge in [-0.3, -0.25) is 0 Å². The lowest BCUT2D eigenvalue weighted by Gasteiger charge is -1.85. The Morgan fingerprint density at radius 1 is 1.40 bits per heavy atom. The minimum absolute atomic E-state index is 0.157. The summed E-state index contributed by atoms with van der Waals surface area (Å²) in [5.41, 5.74) is 0. The van der Waals surface area contributed by atoms with Crippen LogP contribution in [0.4, 0.5) is 8.78 Å². The SMILES string of the molecule is C=CC/C(F)=C/C=C(/C)F. The van der Waals surface area contributed by atoms with Crippen molar-refractivity contribution in [2.75, 3.05) is 0 Å². The van der Waals surface area contributed by atoms with E-state index < -0.39 is 5.83 Å². The van der Waals surface area contributed by atoms with E-state index in [4.69, 9.17) is 0 Å². The lowest BCUT2D eigenvalue weighted by molar-refractivity contribution is 0.613. The van der Waals surface area contributed by atoms with Crippen molar-refractivity contribution in [2.24, 2.45) is 0 Å². The number of rotatable bonds is 3. The van der Waals surface area contributed by atoms with Gasteiger partial charge in [0.1, 0.15) is 5.83 Å². The van der Waals surface area contributed by atoms with Gasteiger partial charge in [-0.05, 0) is 19.1 Å². The molecule has 10 heavy (non-hydrogen) atoms. The van der Waals surface area contributed by atoms with E-state index in [0.29, 0.717) is 0 Å². The van der Waals surface area contributed by atoms with Crippen LogP contribution in [-0.2, 0) is 0 Å². The highest BCUT2D eigenvalue weighted by atomic mass is 19.1. The van der Waals surface area contributed by atoms with Gasteiger partial charge in [0.15, 0.2) is 0 Å². The first-order chi connectivity index (χ1) is 4.66. The van der Waals surface area contributed by atoms with Crippen molar-refractivity contribution in [3.63, 3.8) is 0 Å². The first-order valence-electron chi connectivity index (χ1n) is 2.96. The van der Waals surface area contributed by atoms with Crippen LogP contribution in [-0.4, -0.2) is 0 Å². The van der Waals surface area contributed by atoms with E-state index in [-0.39, 0.29) is 12.2 Å². The van der Waals surface area contributed by atoms with Crippen LogP contribution in [0.25, 0.3) is 0 Å². The number of allylic oxidation sites excluding steroid dienone is 5. The van der Waals surface area contributed by atoms with Gasteiger partial charge in [-0.15, -0.1) is 6.58 Å². The maximum Gasteiger partial charge on any atom is 0.104 e. The average molecular weight is 144 g/mol. The smallest absolute Gasteiger partial charge is 0.104 e. The molecular formula is C8H10F2. The Hall–Kier alpha value is -0.920. The van der Waals surface area contributed by atoms with Gasteiger partial charge in [0.2, 0.25) is 0 Å². The fourth-order valence-electron chi connectivity index (χ4n) is 0.411. The first-order valence-corrected chi connectivity index (χ1v) is 2.96. The van der Waals surface area contributed by atoms with Gasteiger partial charge >= 0.3 is 0 Å². The van der Waals surface area contributed by atoms with Gasteiger partial charge in [-0.2, -0.15) is 0 Å². The van der Waals surface area contributed by atoms with Crippen molar-refractivity contribution in [3.05, 3.63) is 36.5 Å². The molecule has 0 rings (SSSR count). The molecule has 0 aromatic rings. The predicted octanol–water partition coefficient (Wildman–Crippen LogP) is 3.29. The van der Waals surface area contributed by atoms with Crippen LogP contribution in [0.15, 0.2) is 36.5 Å². The monoisotopic (exact) mass is 144 g/mol. The van der Waals surface area contributed by atoms with E-state index in [1.807, 2.05) is 0 Å². The maximum atomic E-state index is 12.3. The average Bonchev–Trinajstić information content (AvgIpc) is 1.85. The molecule has 0 aliphatic heterocycles. The molecule has 0 unspecified atom stereocenters. The highest BCUT2D eigenvalue weighted by Gasteiger charge is 1.86. The molecule has 0 fully saturated rings. The Kier molecular flexibility index (Phi) is 4.46. The van der Waals surface area contributed by atoms with E-state index in [9.17, 15) is 8.78 Å². The third-order valence-corrected chi connectivity index (χ3v) is 0.833. The minimum atomic E-state index is -0.404. The Morgan fingerprint density at radius 3 is 2.40 bits per heavy atom. The molecule has 0 nitrogen and oxygen atoms in total. The summed E-state index contributed by atoms with van der Waals surface area (Å²) in [6.07, 6.45) is 3.76. The van der Waals surface area contributed by atoms with Crippen LogP contribution < -0.4 is 0 Å². The molecule has 0 aliphatic carbocycles. The Balaban J connectivity index is 3.91. The largest absolute Gasteiger partial charge is 0.212 e. The minimum Gasteiger partial charge on any atom is -0.212 e. The summed E-state index contributed by atoms with van der Waals surface area (Å²) in [6.45, 7) is 4.59. The van der Waals surface area contributed by atoms with E-state index >= 15 is 0 Å². The molecule has 0 radical (unpaired) electrons. The molecule has 0 amide bonds. The molecular weight excluding hydrogens is 134 g/mol. The zero-order chi connectivity index (χ0) is 7.98. The van der Waals surface area contributed by atoms with Crippen LogP contribution >= 0.6 is 0 Å². The van der Waals surface area contributed by atoms with Gasteiger partial charge in [0, 0.05) is 6.42 Å². The fraction of sp³-hybridized carbons (Fsp3) is 0.250. The number of hydrogen-bond acceptors (Lipinski definition) is 0. The Morgan fingerprint density at radius 2 is 2.00 bits per heavy atom. The van der Waals surface area contributed by atoms with Gasteiger partial charge < -0.3 is 0 Å². The molecule has 0 atom stereocenters. The van der Waals surface area contributed by atoms with Crippen molar-refractivity contribution >= 4 is 0 Å². The van der Waals surface area contributed by atoms with Gasteiger partial charge in [0.25, 0.3) is 0 Å². The summed E-state index contributed by atoms with van der Waals surface area (Å²) in [4.78, 5) is 0. The van der Waals surface area contributed by atoms with Crippen molar-refractivity contribution < 1.29 is 8.78 Å². The lowest BCUT2D eigenvalue weighted by Crippen LogP contribution is -1.67. The van der Waals surface area contributed by atoms with Crippen molar-refractivity contribution in [1.29, 1.82) is 0 Å². The van der Waals surface area contributed by atoms with Gasteiger partial charge in [0.05, 0.1) is 5.83 Å². The molecule has 56 valence electrons. The quantitative estimate of drug-likeness (QED) is 0.421. The van der Waals surface area contributed by atoms with E-state index in [0.717, 1.165) is 12.2 Å². The highest BCUT2D eigenvalue weighted by molar-refractivity contribution is 5.10. The molecule has 0 aromatic carbocycles. The number of halogens is 2. The summed E-state index contributed by atoms with van der Waals surface area (Å²) in [5, 5.41) is 0. The number of hydrogen-bond donors (Lipinski definition) is 0. The van der Waals surface area contributed by atoms with Crippen molar-refractivity contribution in [3.8, 4) is 0 Å². The second kappa shape index (κ2) is 4.91. The molecule has 0 N–H and O–H groups in total. The molecule has 0 spiro atoms. The second-order valence-electron chi connectivity index (χ2n) is 1.86. The summed E-state index contributed by atoms with van der Waals surface area (Å²) < 4.78 is 24.3. The highest BCUT2D eigenvalue weighted by Crippen LogP contribution is 2.04. The molecule has 0 aliphatic rings. The van der Waals surface area contributed by atoms with Gasteiger partial charge in [-0.25, -0.2) is 8.78 Å². The Labute approximate surface area is 59.6 Å². The third-order valence-electron chi connectivity index (χ3n) is 0.833. The van der Waals surface area contributed by atoms with E-state index in [1.54, 1.807) is 0 Å². The Bertz CT molecular complexity index is 162. The molecule has 0 heterocycles. The van der Waals surface area contributed by atoms with Crippen molar-refractivity contribution in [1.82, 2.24) is 0 Å². The first kappa shape index (κ1) is 9.08. The van der Waals surface area contributed by atoms with E-state index in [2.05, 4.69) is 6.58 Å². The van der Waals surface area contributed by atoms with Crippen LogP contribution in [0.1, 0.15) is 13.3 Å². The van der Waals surface area contributed by atoms with Crippen LogP contribution in [0.5, 0.6) is 0 Å². The van der Waals surface area contributed by atoms with Crippen LogP contribution in [0.2, 0.25) is 0 Å². The predicted molar refractivity (Wildman–Crippen MR) is 38.9 cm³/mol. The summed E-state index contributed by atoms with van der Waals surface area (Å²) in [5.74, 6) is -0.786. The standard InChI is InChI=1S/C8H10F2/c1-3-4-8(10)6-5-7(2)9/h3,5-6H,1,4H2,2H3/b7-5-,8-6-. The normalized spacial score (nSPS) is 13.5. The molecule has 0 saturated heterocycles. The summed E-state index contributed by atoms with van der Waals surface area (Å²) in [7, 11) is 0. The molecule has 0 aromatic heterocycles. The van der Waals surface area contributed by atoms with Gasteiger partial charge in [-0.1, -0.05) is 6.08 Å². The topological polar surface area (TPSA) is 0 Å². The van der Waals surface area contributed by atoms with Crippen LogP contribution in [0.3, 0.4) is 0 Å². The molecule has 0 bridgehead atoms. The fourth-order valence-corrected chi connectivity index (χ4v) is 0.411. The van der Waals surface area contributed by atoms with Crippen LogP contribution in [0, 0.1) is 0 Å². The zero-order valence-corrected chi connectivity index (χ0v) is 5.90. The van der Waals surface area contributed by atoms with E-state index in [1.165, 1.54) is 13.0 Å². The second-order valence-corrected chi connectivity index (χ2v) is 1.86. The molecule has 0 saturated carbocycles.